The van der Waals surface area contributed by atoms with Gasteiger partial charge >= 0.3 is 0 Å². The zero-order valence-electron chi connectivity index (χ0n) is 10.7. The minimum atomic E-state index is -3.71. The number of rotatable bonds is 4. The van der Waals surface area contributed by atoms with Gasteiger partial charge in [0.2, 0.25) is 10.0 Å². The summed E-state index contributed by atoms with van der Waals surface area (Å²) in [6.07, 6.45) is 0. The van der Waals surface area contributed by atoms with E-state index in [9.17, 15) is 17.2 Å². The fourth-order valence-electron chi connectivity index (χ4n) is 1.69. The van der Waals surface area contributed by atoms with E-state index in [2.05, 4.69) is 4.72 Å². The molecule has 0 aliphatic rings. The quantitative estimate of drug-likeness (QED) is 0.943. The number of benzene rings is 2. The Morgan fingerprint density at radius 2 is 1.70 bits per heavy atom. The standard InChI is InChI=1S/C14H13F2NO2S/c1-10-8-11(2-7-14(10)16)9-17-20(18,19)13-5-3-12(15)4-6-13/h2-8,17H,9H2,1H3. The van der Waals surface area contributed by atoms with Crippen LogP contribution in [0.4, 0.5) is 8.78 Å². The molecule has 2 aromatic carbocycles. The Hall–Kier alpha value is -1.79. The fourth-order valence-corrected chi connectivity index (χ4v) is 2.71. The van der Waals surface area contributed by atoms with Crippen molar-refractivity contribution in [2.24, 2.45) is 0 Å². The molecule has 106 valence electrons. The highest BCUT2D eigenvalue weighted by Crippen LogP contribution is 2.12. The van der Waals surface area contributed by atoms with Crippen molar-refractivity contribution in [2.75, 3.05) is 0 Å². The van der Waals surface area contributed by atoms with Gasteiger partial charge in [-0.3, -0.25) is 0 Å². The molecule has 0 heterocycles. The second-order valence-corrected chi connectivity index (χ2v) is 6.13. The highest BCUT2D eigenvalue weighted by atomic mass is 32.2. The zero-order valence-corrected chi connectivity index (χ0v) is 11.5. The molecular formula is C14H13F2NO2S. The Kier molecular flexibility index (Phi) is 4.15. The van der Waals surface area contributed by atoms with E-state index in [1.807, 2.05) is 0 Å². The van der Waals surface area contributed by atoms with Gasteiger partial charge in [-0.1, -0.05) is 12.1 Å². The van der Waals surface area contributed by atoms with E-state index in [-0.39, 0.29) is 17.3 Å². The first-order chi connectivity index (χ1) is 9.38. The van der Waals surface area contributed by atoms with Crippen molar-refractivity contribution >= 4 is 10.0 Å². The van der Waals surface area contributed by atoms with Crippen molar-refractivity contribution in [3.8, 4) is 0 Å². The molecule has 0 spiro atoms. The Balaban J connectivity index is 2.13. The Labute approximate surface area is 116 Å². The van der Waals surface area contributed by atoms with Crippen LogP contribution in [0.3, 0.4) is 0 Å². The molecule has 0 saturated heterocycles. The first-order valence-corrected chi connectivity index (χ1v) is 7.37. The van der Waals surface area contributed by atoms with Crippen LogP contribution in [-0.4, -0.2) is 8.42 Å². The average Bonchev–Trinajstić information content (AvgIpc) is 2.41. The van der Waals surface area contributed by atoms with Crippen molar-refractivity contribution in [3.05, 3.63) is 65.2 Å². The molecule has 0 atom stereocenters. The van der Waals surface area contributed by atoms with Gasteiger partial charge in [0.25, 0.3) is 0 Å². The summed E-state index contributed by atoms with van der Waals surface area (Å²) >= 11 is 0. The summed E-state index contributed by atoms with van der Waals surface area (Å²) < 4.78 is 52.2. The van der Waals surface area contributed by atoms with Crippen molar-refractivity contribution in [1.29, 1.82) is 0 Å². The Morgan fingerprint density at radius 1 is 1.05 bits per heavy atom. The topological polar surface area (TPSA) is 46.2 Å². The molecule has 2 rings (SSSR count). The first-order valence-electron chi connectivity index (χ1n) is 5.89. The molecule has 0 fully saturated rings. The smallest absolute Gasteiger partial charge is 0.207 e. The van der Waals surface area contributed by atoms with Crippen LogP contribution in [-0.2, 0) is 16.6 Å². The molecule has 3 nitrogen and oxygen atoms in total. The number of sulfonamides is 1. The molecule has 20 heavy (non-hydrogen) atoms. The molecule has 0 amide bonds. The zero-order chi connectivity index (χ0) is 14.8. The lowest BCUT2D eigenvalue weighted by Gasteiger charge is -2.07. The molecule has 6 heteroatoms. The Bertz CT molecular complexity index is 712. The normalized spacial score (nSPS) is 11.6. The van der Waals surface area contributed by atoms with Crippen LogP contribution in [0.25, 0.3) is 0 Å². The van der Waals surface area contributed by atoms with Crippen LogP contribution < -0.4 is 4.72 Å². The maximum Gasteiger partial charge on any atom is 0.240 e. The van der Waals surface area contributed by atoms with Gasteiger partial charge in [0.05, 0.1) is 4.90 Å². The fraction of sp³-hybridized carbons (Fsp3) is 0.143. The van der Waals surface area contributed by atoms with E-state index < -0.39 is 15.8 Å². The van der Waals surface area contributed by atoms with Crippen LogP contribution >= 0.6 is 0 Å². The lowest BCUT2D eigenvalue weighted by atomic mass is 10.1. The number of hydrogen-bond acceptors (Lipinski definition) is 2. The average molecular weight is 297 g/mol. The second-order valence-electron chi connectivity index (χ2n) is 4.36. The molecule has 0 saturated carbocycles. The van der Waals surface area contributed by atoms with Crippen LogP contribution in [0, 0.1) is 18.6 Å². The summed E-state index contributed by atoms with van der Waals surface area (Å²) in [4.78, 5) is -0.0160. The number of aryl methyl sites for hydroxylation is 1. The summed E-state index contributed by atoms with van der Waals surface area (Å²) in [6.45, 7) is 1.65. The van der Waals surface area contributed by atoms with Crippen LogP contribution in [0.2, 0.25) is 0 Å². The van der Waals surface area contributed by atoms with Gasteiger partial charge in [-0.05, 0) is 48.4 Å². The van der Waals surface area contributed by atoms with Gasteiger partial charge in [-0.2, -0.15) is 0 Å². The third kappa shape index (κ3) is 3.40. The molecule has 0 aliphatic carbocycles. The van der Waals surface area contributed by atoms with Crippen LogP contribution in [0.15, 0.2) is 47.4 Å². The lowest BCUT2D eigenvalue weighted by molar-refractivity contribution is 0.580. The van der Waals surface area contributed by atoms with Crippen molar-refractivity contribution in [2.45, 2.75) is 18.4 Å². The number of hydrogen-bond donors (Lipinski definition) is 1. The van der Waals surface area contributed by atoms with Gasteiger partial charge in [0, 0.05) is 6.54 Å². The predicted octanol–water partition coefficient (Wildman–Crippen LogP) is 2.75. The summed E-state index contributed by atoms with van der Waals surface area (Å²) in [5, 5.41) is 0. The lowest BCUT2D eigenvalue weighted by Crippen LogP contribution is -2.23. The SMILES string of the molecule is Cc1cc(CNS(=O)(=O)c2ccc(F)cc2)ccc1F. The molecule has 0 unspecified atom stereocenters. The maximum atomic E-state index is 13.1. The van der Waals surface area contributed by atoms with Gasteiger partial charge in [-0.25, -0.2) is 21.9 Å². The third-order valence-electron chi connectivity index (χ3n) is 2.81. The van der Waals surface area contributed by atoms with Crippen molar-refractivity contribution in [3.63, 3.8) is 0 Å². The number of nitrogens with one attached hydrogen (secondary N) is 1. The van der Waals surface area contributed by atoms with Gasteiger partial charge in [0.15, 0.2) is 0 Å². The highest BCUT2D eigenvalue weighted by molar-refractivity contribution is 7.89. The monoisotopic (exact) mass is 297 g/mol. The summed E-state index contributed by atoms with van der Waals surface area (Å²) in [7, 11) is -3.71. The minimum Gasteiger partial charge on any atom is -0.207 e. The van der Waals surface area contributed by atoms with Gasteiger partial charge in [0.1, 0.15) is 11.6 Å². The van der Waals surface area contributed by atoms with Crippen LogP contribution in [0.1, 0.15) is 11.1 Å². The minimum absolute atomic E-state index is 0.0160. The number of halogens is 2. The molecule has 0 aromatic heterocycles. The third-order valence-corrected chi connectivity index (χ3v) is 4.23. The van der Waals surface area contributed by atoms with E-state index in [0.29, 0.717) is 11.1 Å². The van der Waals surface area contributed by atoms with E-state index in [1.54, 1.807) is 13.0 Å². The molecule has 1 N–H and O–H groups in total. The van der Waals surface area contributed by atoms with Crippen molar-refractivity contribution < 1.29 is 17.2 Å². The van der Waals surface area contributed by atoms with E-state index in [0.717, 1.165) is 12.1 Å². The van der Waals surface area contributed by atoms with E-state index in [4.69, 9.17) is 0 Å². The molecule has 0 bridgehead atoms. The largest absolute Gasteiger partial charge is 0.240 e. The molecule has 0 aliphatic heterocycles. The van der Waals surface area contributed by atoms with E-state index in [1.165, 1.54) is 24.3 Å². The second kappa shape index (κ2) is 5.68. The molecule has 0 radical (unpaired) electrons. The van der Waals surface area contributed by atoms with Crippen molar-refractivity contribution in [1.82, 2.24) is 4.72 Å². The molecular weight excluding hydrogens is 284 g/mol. The van der Waals surface area contributed by atoms with Gasteiger partial charge in [-0.15, -0.1) is 0 Å². The summed E-state index contributed by atoms with van der Waals surface area (Å²) in [6, 6.07) is 8.91. The first kappa shape index (κ1) is 14.6. The predicted molar refractivity (Wildman–Crippen MR) is 71.6 cm³/mol. The van der Waals surface area contributed by atoms with Crippen LogP contribution in [0.5, 0.6) is 0 Å². The Morgan fingerprint density at radius 3 is 2.30 bits per heavy atom. The highest BCUT2D eigenvalue weighted by Gasteiger charge is 2.13. The summed E-state index contributed by atoms with van der Waals surface area (Å²) in [5.74, 6) is -0.840. The summed E-state index contributed by atoms with van der Waals surface area (Å²) in [5.41, 5.74) is 1.10. The van der Waals surface area contributed by atoms with E-state index >= 15 is 0 Å². The maximum absolute atomic E-state index is 13.1. The molecule has 2 aromatic rings. The van der Waals surface area contributed by atoms with Gasteiger partial charge < -0.3 is 0 Å².